The Kier molecular flexibility index (Phi) is 8.39. The molecule has 0 aliphatic carbocycles. The van der Waals surface area contributed by atoms with Gasteiger partial charge in [-0.2, -0.15) is 13.2 Å². The predicted octanol–water partition coefficient (Wildman–Crippen LogP) is 2.72. The van der Waals surface area contributed by atoms with Gasteiger partial charge in [-0.05, 0) is 31.5 Å². The highest BCUT2D eigenvalue weighted by molar-refractivity contribution is 5.80. The van der Waals surface area contributed by atoms with Gasteiger partial charge < -0.3 is 20.1 Å². The molecule has 24 heavy (non-hydrogen) atoms. The molecule has 2 N–H and O–H groups in total. The topological polar surface area (TPSA) is 54.9 Å². The highest BCUT2D eigenvalue weighted by Crippen LogP contribution is 2.19. The molecule has 8 heteroatoms. The van der Waals surface area contributed by atoms with Crippen LogP contribution in [0.25, 0.3) is 0 Å². The highest BCUT2D eigenvalue weighted by Gasteiger charge is 2.28. The van der Waals surface area contributed by atoms with E-state index in [1.165, 1.54) is 6.07 Å². The number of guanidine groups is 1. The number of aliphatic imine (C=N–C) groups is 1. The molecule has 0 saturated heterocycles. The molecule has 1 rings (SSSR count). The fourth-order valence-electron chi connectivity index (χ4n) is 1.91. The van der Waals surface area contributed by atoms with Crippen molar-refractivity contribution >= 4 is 5.96 Å². The molecule has 136 valence electrons. The molecule has 0 bridgehead atoms. The molecular formula is C16H24F3N3O2. The molecule has 0 saturated carbocycles. The van der Waals surface area contributed by atoms with Crippen LogP contribution in [0.1, 0.15) is 19.4 Å². The van der Waals surface area contributed by atoms with Gasteiger partial charge in [-0.3, -0.25) is 0 Å². The number of ether oxygens (including phenoxy) is 2. The van der Waals surface area contributed by atoms with Gasteiger partial charge in [0.05, 0.1) is 13.2 Å². The van der Waals surface area contributed by atoms with E-state index in [-0.39, 0.29) is 11.8 Å². The van der Waals surface area contributed by atoms with Gasteiger partial charge in [0, 0.05) is 19.7 Å². The maximum Gasteiger partial charge on any atom is 0.422 e. The summed E-state index contributed by atoms with van der Waals surface area (Å²) >= 11 is 0. The Balaban J connectivity index is 2.68. The molecule has 0 aliphatic heterocycles. The third kappa shape index (κ3) is 8.61. The van der Waals surface area contributed by atoms with Crippen LogP contribution >= 0.6 is 0 Å². The number of hydrogen-bond acceptors (Lipinski definition) is 3. The summed E-state index contributed by atoms with van der Waals surface area (Å²) in [6, 6.07) is 6.55. The van der Waals surface area contributed by atoms with Crippen molar-refractivity contribution in [2.24, 2.45) is 4.99 Å². The zero-order valence-corrected chi connectivity index (χ0v) is 14.1. The van der Waals surface area contributed by atoms with E-state index in [4.69, 9.17) is 9.47 Å². The van der Waals surface area contributed by atoms with Gasteiger partial charge in [0.2, 0.25) is 0 Å². The van der Waals surface area contributed by atoms with Gasteiger partial charge in [0.15, 0.2) is 12.6 Å². The standard InChI is InChI=1S/C16H24F3N3O2/c1-4-20-15(22-12(2)10-23-3)21-9-13-6-5-7-14(8-13)24-11-16(17,18)19/h5-8,12H,4,9-11H2,1-3H3,(H2,20,21,22). The lowest BCUT2D eigenvalue weighted by atomic mass is 10.2. The summed E-state index contributed by atoms with van der Waals surface area (Å²) in [6.07, 6.45) is -4.35. The quantitative estimate of drug-likeness (QED) is 0.561. The van der Waals surface area contributed by atoms with Gasteiger partial charge in [-0.25, -0.2) is 4.99 Å². The van der Waals surface area contributed by atoms with E-state index in [0.29, 0.717) is 25.7 Å². The van der Waals surface area contributed by atoms with Crippen LogP contribution in [-0.4, -0.2) is 45.0 Å². The molecule has 1 atom stereocenters. The smallest absolute Gasteiger partial charge is 0.422 e. The lowest BCUT2D eigenvalue weighted by Crippen LogP contribution is -2.43. The van der Waals surface area contributed by atoms with E-state index in [9.17, 15) is 13.2 Å². The first-order chi connectivity index (χ1) is 11.3. The summed E-state index contributed by atoms with van der Waals surface area (Å²) < 4.78 is 46.4. The molecule has 5 nitrogen and oxygen atoms in total. The SMILES string of the molecule is CCNC(=NCc1cccc(OCC(F)(F)F)c1)NC(C)COC. The second-order valence-electron chi connectivity index (χ2n) is 5.25. The van der Waals surface area contributed by atoms with E-state index in [1.807, 2.05) is 13.8 Å². The number of benzene rings is 1. The van der Waals surface area contributed by atoms with Crippen LogP contribution in [0.15, 0.2) is 29.3 Å². The van der Waals surface area contributed by atoms with E-state index in [0.717, 1.165) is 5.56 Å². The molecule has 0 radical (unpaired) electrons. The van der Waals surface area contributed by atoms with E-state index >= 15 is 0 Å². The summed E-state index contributed by atoms with van der Waals surface area (Å²) in [5.74, 6) is 0.786. The van der Waals surface area contributed by atoms with E-state index < -0.39 is 12.8 Å². The van der Waals surface area contributed by atoms with Gasteiger partial charge in [0.1, 0.15) is 5.75 Å². The van der Waals surface area contributed by atoms with Crippen LogP contribution in [0.2, 0.25) is 0 Å². The van der Waals surface area contributed by atoms with Crippen LogP contribution in [0.4, 0.5) is 13.2 Å². The fourth-order valence-corrected chi connectivity index (χ4v) is 1.91. The van der Waals surface area contributed by atoms with Crippen molar-refractivity contribution in [1.82, 2.24) is 10.6 Å². The van der Waals surface area contributed by atoms with Crippen LogP contribution in [0.5, 0.6) is 5.75 Å². The van der Waals surface area contributed by atoms with Crippen LogP contribution < -0.4 is 15.4 Å². The molecule has 0 spiro atoms. The Morgan fingerprint density at radius 2 is 2.08 bits per heavy atom. The summed E-state index contributed by atoms with van der Waals surface area (Å²) in [4.78, 5) is 4.42. The summed E-state index contributed by atoms with van der Waals surface area (Å²) in [5.41, 5.74) is 0.756. The minimum atomic E-state index is -4.35. The van der Waals surface area contributed by atoms with Crippen molar-refractivity contribution in [3.63, 3.8) is 0 Å². The van der Waals surface area contributed by atoms with Crippen molar-refractivity contribution in [1.29, 1.82) is 0 Å². The Bertz CT molecular complexity index is 522. The molecule has 0 aliphatic rings. The predicted molar refractivity (Wildman–Crippen MR) is 87.3 cm³/mol. The largest absolute Gasteiger partial charge is 0.484 e. The Hall–Kier alpha value is -1.96. The first-order valence-corrected chi connectivity index (χ1v) is 7.66. The van der Waals surface area contributed by atoms with Gasteiger partial charge in [0.25, 0.3) is 0 Å². The number of methoxy groups -OCH3 is 1. The summed E-state index contributed by atoms with van der Waals surface area (Å²) in [5, 5.41) is 6.29. The zero-order valence-electron chi connectivity index (χ0n) is 14.1. The number of nitrogens with one attached hydrogen (secondary N) is 2. The summed E-state index contributed by atoms with van der Waals surface area (Å²) in [7, 11) is 1.62. The maximum atomic E-state index is 12.2. The molecule has 0 aromatic heterocycles. The van der Waals surface area contributed by atoms with Crippen LogP contribution in [0, 0.1) is 0 Å². The zero-order chi connectivity index (χ0) is 18.0. The number of nitrogens with zero attached hydrogens (tertiary/aromatic N) is 1. The molecular weight excluding hydrogens is 323 g/mol. The minimum absolute atomic E-state index is 0.0780. The van der Waals surface area contributed by atoms with Crippen molar-refractivity contribution < 1.29 is 22.6 Å². The molecule has 0 heterocycles. The number of halogens is 3. The minimum Gasteiger partial charge on any atom is -0.484 e. The van der Waals surface area contributed by atoms with Gasteiger partial charge >= 0.3 is 6.18 Å². The normalized spacial score (nSPS) is 13.5. The van der Waals surface area contributed by atoms with Crippen molar-refractivity contribution in [2.75, 3.05) is 26.9 Å². The molecule has 1 aromatic carbocycles. The van der Waals surface area contributed by atoms with Crippen LogP contribution in [0.3, 0.4) is 0 Å². The van der Waals surface area contributed by atoms with Crippen molar-refractivity contribution in [3.8, 4) is 5.75 Å². The Morgan fingerprint density at radius 1 is 1.33 bits per heavy atom. The summed E-state index contributed by atoms with van der Waals surface area (Å²) in [6.45, 7) is 4.15. The Labute approximate surface area is 140 Å². The van der Waals surface area contributed by atoms with Gasteiger partial charge in [-0.1, -0.05) is 12.1 Å². The lowest BCUT2D eigenvalue weighted by Gasteiger charge is -2.17. The third-order valence-electron chi connectivity index (χ3n) is 2.86. The van der Waals surface area contributed by atoms with E-state index in [2.05, 4.69) is 15.6 Å². The third-order valence-corrected chi connectivity index (χ3v) is 2.86. The average Bonchev–Trinajstić information content (AvgIpc) is 2.51. The second-order valence-corrected chi connectivity index (χ2v) is 5.25. The number of alkyl halides is 3. The van der Waals surface area contributed by atoms with Crippen molar-refractivity contribution in [2.45, 2.75) is 32.6 Å². The number of rotatable bonds is 8. The first kappa shape index (κ1) is 20.1. The molecule has 1 unspecified atom stereocenters. The first-order valence-electron chi connectivity index (χ1n) is 7.66. The van der Waals surface area contributed by atoms with Crippen LogP contribution in [-0.2, 0) is 11.3 Å². The maximum absolute atomic E-state index is 12.2. The monoisotopic (exact) mass is 347 g/mol. The highest BCUT2D eigenvalue weighted by atomic mass is 19.4. The lowest BCUT2D eigenvalue weighted by molar-refractivity contribution is -0.153. The molecule has 0 fully saturated rings. The second kappa shape index (κ2) is 10.0. The number of hydrogen-bond donors (Lipinski definition) is 2. The average molecular weight is 347 g/mol. The molecule has 0 amide bonds. The van der Waals surface area contributed by atoms with Crippen molar-refractivity contribution in [3.05, 3.63) is 29.8 Å². The van der Waals surface area contributed by atoms with Gasteiger partial charge in [-0.15, -0.1) is 0 Å². The van der Waals surface area contributed by atoms with E-state index in [1.54, 1.807) is 25.3 Å². The fraction of sp³-hybridized carbons (Fsp3) is 0.562. The molecule has 1 aromatic rings. The Morgan fingerprint density at radius 3 is 2.71 bits per heavy atom.